The van der Waals surface area contributed by atoms with Crippen molar-refractivity contribution in [1.29, 1.82) is 0 Å². The fourth-order valence-electron chi connectivity index (χ4n) is 3.32. The maximum Gasteiger partial charge on any atom is 0.253 e. The van der Waals surface area contributed by atoms with Crippen molar-refractivity contribution in [2.24, 2.45) is 5.92 Å². The number of hydrogen-bond donors (Lipinski definition) is 2. The summed E-state index contributed by atoms with van der Waals surface area (Å²) in [5.74, 6) is 0.229. The van der Waals surface area contributed by atoms with Gasteiger partial charge in [-0.3, -0.25) is 9.59 Å². The van der Waals surface area contributed by atoms with Crippen LogP contribution in [0.4, 0.5) is 5.69 Å². The number of benzene rings is 2. The summed E-state index contributed by atoms with van der Waals surface area (Å²) in [5, 5.41) is 15.8. The van der Waals surface area contributed by atoms with Crippen LogP contribution >= 0.6 is 35.0 Å². The third kappa shape index (κ3) is 7.10. The van der Waals surface area contributed by atoms with Gasteiger partial charge in [0, 0.05) is 17.3 Å². The molecule has 0 aliphatic rings. The van der Waals surface area contributed by atoms with Crippen LogP contribution in [0.25, 0.3) is 0 Å². The van der Waals surface area contributed by atoms with E-state index in [1.807, 2.05) is 49.6 Å². The Balaban J connectivity index is 1.76. The molecular formula is C25H27Cl2N5O2S. The van der Waals surface area contributed by atoms with E-state index in [4.69, 9.17) is 23.2 Å². The quantitative estimate of drug-likeness (QED) is 0.249. The molecule has 10 heteroatoms. The molecule has 0 saturated carbocycles. The number of hydrogen-bond acceptors (Lipinski definition) is 5. The highest BCUT2D eigenvalue weighted by Gasteiger charge is 2.27. The van der Waals surface area contributed by atoms with Gasteiger partial charge in [-0.2, -0.15) is 0 Å². The predicted octanol–water partition coefficient (Wildman–Crippen LogP) is 5.94. The Morgan fingerprint density at radius 1 is 1.14 bits per heavy atom. The van der Waals surface area contributed by atoms with Crippen molar-refractivity contribution in [1.82, 2.24) is 20.1 Å². The minimum atomic E-state index is -0.447. The highest BCUT2D eigenvalue weighted by atomic mass is 35.5. The fraction of sp³-hybridized carbons (Fsp3) is 0.280. The van der Waals surface area contributed by atoms with Gasteiger partial charge < -0.3 is 15.2 Å². The normalized spacial score (nSPS) is 11.8. The lowest BCUT2D eigenvalue weighted by molar-refractivity contribution is -0.113. The van der Waals surface area contributed by atoms with Crippen LogP contribution in [0, 0.1) is 12.8 Å². The lowest BCUT2D eigenvalue weighted by atomic mass is 10.0. The second kappa shape index (κ2) is 12.2. The van der Waals surface area contributed by atoms with E-state index in [-0.39, 0.29) is 28.5 Å². The first-order chi connectivity index (χ1) is 16.7. The number of aryl methyl sites for hydroxylation is 1. The molecule has 0 bridgehead atoms. The van der Waals surface area contributed by atoms with Crippen LogP contribution in [0.5, 0.6) is 0 Å². The molecule has 1 atom stereocenters. The molecule has 2 aromatic carbocycles. The van der Waals surface area contributed by atoms with Crippen LogP contribution in [0.2, 0.25) is 10.0 Å². The van der Waals surface area contributed by atoms with Gasteiger partial charge in [-0.25, -0.2) is 0 Å². The molecule has 2 amide bonds. The zero-order chi connectivity index (χ0) is 25.5. The largest absolute Gasteiger partial charge is 0.342 e. The molecule has 0 saturated heterocycles. The van der Waals surface area contributed by atoms with Gasteiger partial charge in [0.25, 0.3) is 5.91 Å². The standard InChI is InChI=1S/C25H27Cl2N5O2S/c1-5-12-32-23(22(15(2)3)29-24(34)19-11-8-17(26)13-20(19)27)30-31-25(32)35-14-21(33)28-18-9-6-16(4)7-10-18/h5-11,13,15,22H,1,12,14H2,2-4H3,(H,28,33)(H,29,34)/t22-/m1/s1. The molecule has 0 radical (unpaired) electrons. The van der Waals surface area contributed by atoms with Crippen LogP contribution in [0.1, 0.15) is 41.6 Å². The Hall–Kier alpha value is -2.81. The van der Waals surface area contributed by atoms with E-state index in [0.717, 1.165) is 11.3 Å². The first-order valence-electron chi connectivity index (χ1n) is 11.0. The first kappa shape index (κ1) is 26.8. The highest BCUT2D eigenvalue weighted by Crippen LogP contribution is 2.27. The summed E-state index contributed by atoms with van der Waals surface area (Å²) >= 11 is 13.4. The van der Waals surface area contributed by atoms with E-state index in [1.165, 1.54) is 17.8 Å². The van der Waals surface area contributed by atoms with Crippen LogP contribution in [-0.2, 0) is 11.3 Å². The van der Waals surface area contributed by atoms with E-state index in [9.17, 15) is 9.59 Å². The van der Waals surface area contributed by atoms with Crippen LogP contribution in [-0.4, -0.2) is 32.3 Å². The van der Waals surface area contributed by atoms with Gasteiger partial charge in [0.1, 0.15) is 0 Å². The van der Waals surface area contributed by atoms with E-state index in [1.54, 1.807) is 18.2 Å². The summed E-state index contributed by atoms with van der Waals surface area (Å²) < 4.78 is 1.85. The number of thioether (sulfide) groups is 1. The second-order valence-corrected chi connectivity index (χ2v) is 10.0. The number of anilines is 1. The SMILES string of the molecule is C=CCn1c(SCC(=O)Nc2ccc(C)cc2)nnc1[C@H](NC(=O)c1ccc(Cl)cc1Cl)C(C)C. The number of carbonyl (C=O) groups excluding carboxylic acids is 2. The number of carbonyl (C=O) groups is 2. The second-order valence-electron chi connectivity index (χ2n) is 8.26. The minimum Gasteiger partial charge on any atom is -0.342 e. The Labute approximate surface area is 219 Å². The summed E-state index contributed by atoms with van der Waals surface area (Å²) in [6.07, 6.45) is 1.72. The molecule has 0 fully saturated rings. The zero-order valence-corrected chi connectivity index (χ0v) is 22.0. The van der Waals surface area contributed by atoms with E-state index < -0.39 is 6.04 Å². The molecule has 35 heavy (non-hydrogen) atoms. The number of halogens is 2. The maximum atomic E-state index is 13.0. The molecule has 0 unspecified atom stereocenters. The molecule has 0 aliphatic heterocycles. The average molecular weight is 532 g/mol. The monoisotopic (exact) mass is 531 g/mol. The third-order valence-electron chi connectivity index (χ3n) is 5.13. The lowest BCUT2D eigenvalue weighted by Gasteiger charge is -2.23. The molecule has 0 spiro atoms. The maximum absolute atomic E-state index is 13.0. The van der Waals surface area contributed by atoms with Crippen LogP contribution in [0.15, 0.2) is 60.3 Å². The number of allylic oxidation sites excluding steroid dienone is 1. The van der Waals surface area contributed by atoms with Gasteiger partial charge in [-0.1, -0.05) is 72.6 Å². The molecule has 2 N–H and O–H groups in total. The molecule has 3 aromatic rings. The summed E-state index contributed by atoms with van der Waals surface area (Å²) in [6, 6.07) is 11.9. The van der Waals surface area contributed by atoms with Gasteiger partial charge in [0.15, 0.2) is 11.0 Å². The lowest BCUT2D eigenvalue weighted by Crippen LogP contribution is -2.34. The zero-order valence-electron chi connectivity index (χ0n) is 19.7. The molecule has 1 aromatic heterocycles. The molecule has 7 nitrogen and oxygen atoms in total. The number of nitrogens with zero attached hydrogens (tertiary/aromatic N) is 3. The summed E-state index contributed by atoms with van der Waals surface area (Å²) in [4.78, 5) is 25.4. The van der Waals surface area contributed by atoms with E-state index in [2.05, 4.69) is 27.4 Å². The van der Waals surface area contributed by atoms with Crippen molar-refractivity contribution in [3.8, 4) is 0 Å². The minimum absolute atomic E-state index is 0.000442. The highest BCUT2D eigenvalue weighted by molar-refractivity contribution is 7.99. The smallest absolute Gasteiger partial charge is 0.253 e. The van der Waals surface area contributed by atoms with Crippen molar-refractivity contribution in [2.75, 3.05) is 11.1 Å². The van der Waals surface area contributed by atoms with Crippen molar-refractivity contribution >= 4 is 52.5 Å². The van der Waals surface area contributed by atoms with Crippen molar-refractivity contribution in [3.05, 3.63) is 82.1 Å². The average Bonchev–Trinajstić information content (AvgIpc) is 3.19. The molecule has 184 valence electrons. The number of aromatic nitrogens is 3. The summed E-state index contributed by atoms with van der Waals surface area (Å²) in [7, 11) is 0. The summed E-state index contributed by atoms with van der Waals surface area (Å²) in [6.45, 7) is 10.2. The van der Waals surface area contributed by atoms with Crippen molar-refractivity contribution in [3.63, 3.8) is 0 Å². The number of rotatable bonds is 10. The first-order valence-corrected chi connectivity index (χ1v) is 12.7. The Bertz CT molecular complexity index is 1210. The van der Waals surface area contributed by atoms with Crippen molar-refractivity contribution < 1.29 is 9.59 Å². The number of nitrogens with one attached hydrogen (secondary N) is 2. The van der Waals surface area contributed by atoms with Gasteiger partial charge >= 0.3 is 0 Å². The molecular weight excluding hydrogens is 505 g/mol. The fourth-order valence-corrected chi connectivity index (χ4v) is 4.57. The van der Waals surface area contributed by atoms with E-state index in [0.29, 0.717) is 28.1 Å². The Morgan fingerprint density at radius 3 is 2.49 bits per heavy atom. The Morgan fingerprint density at radius 2 is 1.86 bits per heavy atom. The number of amides is 2. The van der Waals surface area contributed by atoms with Crippen molar-refractivity contribution in [2.45, 2.75) is 38.5 Å². The van der Waals surface area contributed by atoms with Crippen LogP contribution < -0.4 is 10.6 Å². The van der Waals surface area contributed by atoms with Gasteiger partial charge in [-0.15, -0.1) is 16.8 Å². The molecule has 1 heterocycles. The Kier molecular flexibility index (Phi) is 9.37. The molecule has 3 rings (SSSR count). The molecule has 0 aliphatic carbocycles. The van der Waals surface area contributed by atoms with Gasteiger partial charge in [0.05, 0.1) is 22.4 Å². The van der Waals surface area contributed by atoms with Gasteiger partial charge in [-0.05, 0) is 43.2 Å². The summed E-state index contributed by atoms with van der Waals surface area (Å²) in [5.41, 5.74) is 2.17. The van der Waals surface area contributed by atoms with E-state index >= 15 is 0 Å². The third-order valence-corrected chi connectivity index (χ3v) is 6.65. The predicted molar refractivity (Wildman–Crippen MR) is 142 cm³/mol. The topological polar surface area (TPSA) is 88.9 Å². The van der Waals surface area contributed by atoms with Crippen LogP contribution in [0.3, 0.4) is 0 Å². The van der Waals surface area contributed by atoms with Gasteiger partial charge in [0.2, 0.25) is 5.91 Å².